The molecule has 1 heterocycles. The standard InChI is InChI=1S/C11H12ClN3O2S/c1-18-6-7(13)5-9(11(16)17)15-10-8(12)3-2-4-14-10/h2-5H,6,13H2,1H3,(H,16,17)/b7-5-,15-9-. The average molecular weight is 286 g/mol. The lowest BCUT2D eigenvalue weighted by Crippen LogP contribution is -2.13. The van der Waals surface area contributed by atoms with E-state index in [1.807, 2.05) is 6.26 Å². The fourth-order valence-electron chi connectivity index (χ4n) is 1.10. The first-order valence-electron chi connectivity index (χ1n) is 4.92. The van der Waals surface area contributed by atoms with E-state index in [9.17, 15) is 4.79 Å². The van der Waals surface area contributed by atoms with Crippen molar-refractivity contribution in [2.75, 3.05) is 12.0 Å². The van der Waals surface area contributed by atoms with Gasteiger partial charge in [-0.2, -0.15) is 11.8 Å². The molecule has 1 aromatic rings. The maximum atomic E-state index is 11.0. The van der Waals surface area contributed by atoms with Gasteiger partial charge in [-0.15, -0.1) is 0 Å². The van der Waals surface area contributed by atoms with Crippen molar-refractivity contribution in [2.24, 2.45) is 10.7 Å². The van der Waals surface area contributed by atoms with Crippen molar-refractivity contribution in [2.45, 2.75) is 0 Å². The molecule has 7 heteroatoms. The molecule has 0 fully saturated rings. The number of pyridine rings is 1. The Morgan fingerprint density at radius 3 is 3.00 bits per heavy atom. The van der Waals surface area contributed by atoms with E-state index in [0.29, 0.717) is 11.4 Å². The molecule has 0 atom stereocenters. The van der Waals surface area contributed by atoms with Crippen molar-refractivity contribution in [3.8, 4) is 0 Å². The van der Waals surface area contributed by atoms with Gasteiger partial charge >= 0.3 is 5.97 Å². The number of carbonyl (C=O) groups is 1. The van der Waals surface area contributed by atoms with Crippen LogP contribution in [-0.2, 0) is 4.79 Å². The molecular weight excluding hydrogens is 274 g/mol. The Bertz CT molecular complexity index is 503. The molecular formula is C11H12ClN3O2S. The molecule has 5 nitrogen and oxygen atoms in total. The highest BCUT2D eigenvalue weighted by atomic mass is 35.5. The Kier molecular flexibility index (Phi) is 5.67. The molecule has 18 heavy (non-hydrogen) atoms. The molecule has 0 aliphatic carbocycles. The number of nitrogens with two attached hydrogens (primary N) is 1. The van der Waals surface area contributed by atoms with Crippen LogP contribution in [-0.4, -0.2) is 33.8 Å². The number of hydrogen-bond donors (Lipinski definition) is 2. The summed E-state index contributed by atoms with van der Waals surface area (Å²) in [4.78, 5) is 18.8. The second-order valence-corrected chi connectivity index (χ2v) is 4.54. The van der Waals surface area contributed by atoms with Crippen LogP contribution in [0.5, 0.6) is 0 Å². The van der Waals surface area contributed by atoms with Crippen LogP contribution in [0.15, 0.2) is 35.1 Å². The van der Waals surface area contributed by atoms with Gasteiger partial charge in [-0.3, -0.25) is 0 Å². The van der Waals surface area contributed by atoms with Crippen LogP contribution in [0.4, 0.5) is 5.82 Å². The van der Waals surface area contributed by atoms with Gasteiger partial charge in [0.2, 0.25) is 0 Å². The molecule has 0 aliphatic heterocycles. The Morgan fingerprint density at radius 1 is 1.72 bits per heavy atom. The first kappa shape index (κ1) is 14.5. The molecule has 1 rings (SSSR count). The minimum Gasteiger partial charge on any atom is -0.477 e. The van der Waals surface area contributed by atoms with Gasteiger partial charge in [0, 0.05) is 17.6 Å². The van der Waals surface area contributed by atoms with Gasteiger partial charge in [-0.25, -0.2) is 14.8 Å². The van der Waals surface area contributed by atoms with Crippen molar-refractivity contribution in [3.05, 3.63) is 35.1 Å². The summed E-state index contributed by atoms with van der Waals surface area (Å²) in [6, 6.07) is 3.22. The fraction of sp³-hybridized carbons (Fsp3) is 0.182. The van der Waals surface area contributed by atoms with Crippen LogP contribution in [0.1, 0.15) is 0 Å². The Balaban J connectivity index is 3.10. The monoisotopic (exact) mass is 285 g/mol. The van der Waals surface area contributed by atoms with Crippen molar-refractivity contribution in [1.29, 1.82) is 0 Å². The summed E-state index contributed by atoms with van der Waals surface area (Å²) in [5.41, 5.74) is 5.89. The van der Waals surface area contributed by atoms with Crippen molar-refractivity contribution >= 4 is 40.9 Å². The number of aliphatic imine (C=N–C) groups is 1. The number of carboxylic acid groups (broad SMARTS) is 1. The zero-order valence-electron chi connectivity index (χ0n) is 9.63. The van der Waals surface area contributed by atoms with Gasteiger partial charge < -0.3 is 10.8 Å². The smallest absolute Gasteiger partial charge is 0.354 e. The summed E-state index contributed by atoms with van der Waals surface area (Å²) < 4.78 is 0. The maximum Gasteiger partial charge on any atom is 0.354 e. The fourth-order valence-corrected chi connectivity index (χ4v) is 1.68. The molecule has 0 amide bonds. The minimum absolute atomic E-state index is 0.157. The highest BCUT2D eigenvalue weighted by Gasteiger charge is 2.09. The molecule has 0 bridgehead atoms. The average Bonchev–Trinajstić information content (AvgIpc) is 2.31. The van der Waals surface area contributed by atoms with Crippen LogP contribution in [0.2, 0.25) is 5.02 Å². The number of hydrogen-bond acceptors (Lipinski definition) is 5. The summed E-state index contributed by atoms with van der Waals surface area (Å²) in [7, 11) is 0. The van der Waals surface area contributed by atoms with Gasteiger partial charge in [-0.1, -0.05) is 11.6 Å². The van der Waals surface area contributed by atoms with E-state index in [1.165, 1.54) is 24.0 Å². The van der Waals surface area contributed by atoms with E-state index in [1.54, 1.807) is 12.1 Å². The SMILES string of the molecule is CSC/C(N)=C/C(=N/c1ncccc1Cl)C(=O)O. The molecule has 0 spiro atoms. The minimum atomic E-state index is -1.18. The third-order valence-corrected chi connectivity index (χ3v) is 2.73. The molecule has 0 aromatic carbocycles. The molecule has 0 unspecified atom stereocenters. The highest BCUT2D eigenvalue weighted by Crippen LogP contribution is 2.21. The number of rotatable bonds is 5. The number of aromatic nitrogens is 1. The summed E-state index contributed by atoms with van der Waals surface area (Å²) in [6.07, 6.45) is 4.66. The summed E-state index contributed by atoms with van der Waals surface area (Å²) in [5.74, 6) is -0.493. The molecule has 3 N–H and O–H groups in total. The normalized spacial score (nSPS) is 12.6. The van der Waals surface area contributed by atoms with Crippen LogP contribution in [0.3, 0.4) is 0 Å². The van der Waals surface area contributed by atoms with E-state index in [2.05, 4.69) is 9.98 Å². The van der Waals surface area contributed by atoms with E-state index >= 15 is 0 Å². The van der Waals surface area contributed by atoms with Gasteiger partial charge in [-0.05, 0) is 24.5 Å². The molecule has 96 valence electrons. The number of halogens is 1. The molecule has 0 radical (unpaired) electrons. The van der Waals surface area contributed by atoms with Crippen molar-refractivity contribution in [1.82, 2.24) is 4.98 Å². The van der Waals surface area contributed by atoms with Gasteiger partial charge in [0.1, 0.15) is 0 Å². The second-order valence-electron chi connectivity index (χ2n) is 3.26. The Morgan fingerprint density at radius 2 is 2.44 bits per heavy atom. The largest absolute Gasteiger partial charge is 0.477 e. The van der Waals surface area contributed by atoms with Crippen molar-refractivity contribution < 1.29 is 9.90 Å². The topological polar surface area (TPSA) is 88.6 Å². The lowest BCUT2D eigenvalue weighted by molar-refractivity contribution is -0.129. The number of aliphatic carboxylic acids is 1. The first-order chi connectivity index (χ1) is 8.54. The van der Waals surface area contributed by atoms with Crippen LogP contribution in [0, 0.1) is 0 Å². The summed E-state index contributed by atoms with van der Waals surface area (Å²) >= 11 is 7.34. The number of nitrogens with zero attached hydrogens (tertiary/aromatic N) is 2. The third kappa shape index (κ3) is 4.38. The van der Waals surface area contributed by atoms with Gasteiger partial charge in [0.15, 0.2) is 11.5 Å². The Labute approximate surface area is 114 Å². The van der Waals surface area contributed by atoms with E-state index in [4.69, 9.17) is 22.4 Å². The number of thioether (sulfide) groups is 1. The predicted octanol–water partition coefficient (Wildman–Crippen LogP) is 2.10. The van der Waals surface area contributed by atoms with Gasteiger partial charge in [0.05, 0.1) is 5.02 Å². The van der Waals surface area contributed by atoms with Crippen LogP contribution >= 0.6 is 23.4 Å². The van der Waals surface area contributed by atoms with Crippen LogP contribution in [0.25, 0.3) is 0 Å². The van der Waals surface area contributed by atoms with Crippen LogP contribution < -0.4 is 5.73 Å². The summed E-state index contributed by atoms with van der Waals surface area (Å²) in [6.45, 7) is 0. The first-order valence-corrected chi connectivity index (χ1v) is 6.69. The van der Waals surface area contributed by atoms with E-state index in [0.717, 1.165) is 0 Å². The number of carboxylic acids is 1. The molecule has 0 saturated heterocycles. The summed E-state index contributed by atoms with van der Waals surface area (Å²) in [5, 5.41) is 9.32. The zero-order chi connectivity index (χ0) is 13.5. The highest BCUT2D eigenvalue weighted by molar-refractivity contribution is 7.98. The predicted molar refractivity (Wildman–Crippen MR) is 74.6 cm³/mol. The quantitative estimate of drug-likeness (QED) is 0.809. The van der Waals surface area contributed by atoms with Gasteiger partial charge in [0.25, 0.3) is 0 Å². The third-order valence-electron chi connectivity index (χ3n) is 1.82. The second kappa shape index (κ2) is 7.03. The van der Waals surface area contributed by atoms with E-state index in [-0.39, 0.29) is 16.6 Å². The van der Waals surface area contributed by atoms with Crippen molar-refractivity contribution in [3.63, 3.8) is 0 Å². The lowest BCUT2D eigenvalue weighted by atomic mass is 10.3. The molecule has 1 aromatic heterocycles. The molecule has 0 saturated carbocycles. The lowest BCUT2D eigenvalue weighted by Gasteiger charge is -2.00. The maximum absolute atomic E-state index is 11.0. The molecule has 0 aliphatic rings. The zero-order valence-corrected chi connectivity index (χ0v) is 11.2. The van der Waals surface area contributed by atoms with E-state index < -0.39 is 5.97 Å². The Hall–Kier alpha value is -1.53.